The molecule has 6 nitrogen and oxygen atoms in total. The second-order valence-corrected chi connectivity index (χ2v) is 7.47. The van der Waals surface area contributed by atoms with E-state index in [4.69, 9.17) is 9.15 Å². The average molecular weight is 439 g/mol. The van der Waals surface area contributed by atoms with Crippen molar-refractivity contribution in [1.29, 1.82) is 0 Å². The zero-order valence-electron chi connectivity index (χ0n) is 17.2. The van der Waals surface area contributed by atoms with Gasteiger partial charge in [-0.05, 0) is 62.4 Å². The van der Waals surface area contributed by atoms with Crippen LogP contribution in [0.1, 0.15) is 31.2 Å². The Balaban J connectivity index is 1.86. The average Bonchev–Trinajstić information content (AvgIpc) is 3.37. The molecule has 0 bridgehead atoms. The minimum atomic E-state index is -1.28. The van der Waals surface area contributed by atoms with Crippen molar-refractivity contribution in [2.45, 2.75) is 26.0 Å². The van der Waals surface area contributed by atoms with Crippen LogP contribution < -0.4 is 9.64 Å². The van der Waals surface area contributed by atoms with Crippen molar-refractivity contribution in [2.75, 3.05) is 4.90 Å². The van der Waals surface area contributed by atoms with E-state index < -0.39 is 40.8 Å². The third-order valence-electron chi connectivity index (χ3n) is 4.92. The molecule has 0 spiro atoms. The summed E-state index contributed by atoms with van der Waals surface area (Å²) >= 11 is 0. The van der Waals surface area contributed by atoms with Gasteiger partial charge in [0.25, 0.3) is 11.7 Å². The van der Waals surface area contributed by atoms with Crippen LogP contribution in [0.5, 0.6) is 5.75 Å². The number of furan rings is 1. The topological polar surface area (TPSA) is 80.0 Å². The quantitative estimate of drug-likeness (QED) is 0.345. The fraction of sp³-hybridized carbons (Fsp3) is 0.167. The summed E-state index contributed by atoms with van der Waals surface area (Å²) in [5.74, 6) is -3.66. The third-order valence-corrected chi connectivity index (χ3v) is 4.92. The molecular formula is C24H19F2NO5. The van der Waals surface area contributed by atoms with Crippen LogP contribution in [0.2, 0.25) is 0 Å². The predicted octanol–water partition coefficient (Wildman–Crippen LogP) is 4.97. The second-order valence-electron chi connectivity index (χ2n) is 7.47. The van der Waals surface area contributed by atoms with Crippen LogP contribution in [0.25, 0.3) is 5.76 Å². The molecule has 0 aliphatic carbocycles. The molecule has 1 aliphatic heterocycles. The fourth-order valence-corrected chi connectivity index (χ4v) is 3.59. The van der Waals surface area contributed by atoms with Crippen molar-refractivity contribution >= 4 is 23.1 Å². The number of ketones is 1. The first-order chi connectivity index (χ1) is 15.3. The lowest BCUT2D eigenvalue weighted by molar-refractivity contribution is -0.132. The Morgan fingerprint density at radius 2 is 1.81 bits per heavy atom. The zero-order valence-corrected chi connectivity index (χ0v) is 17.2. The number of Topliss-reactive ketones (excluding diaryl/α,β-unsaturated/α-hetero) is 1. The second kappa shape index (κ2) is 8.30. The Morgan fingerprint density at radius 3 is 2.44 bits per heavy atom. The smallest absolute Gasteiger partial charge is 0.300 e. The monoisotopic (exact) mass is 439 g/mol. The van der Waals surface area contributed by atoms with Crippen molar-refractivity contribution in [3.63, 3.8) is 0 Å². The summed E-state index contributed by atoms with van der Waals surface area (Å²) in [6.45, 7) is 3.73. The number of aliphatic hydroxyl groups is 1. The van der Waals surface area contributed by atoms with Crippen LogP contribution in [-0.4, -0.2) is 22.9 Å². The molecule has 0 saturated carbocycles. The molecule has 32 heavy (non-hydrogen) atoms. The number of carbonyl (C=O) groups excluding carboxylic acids is 2. The number of rotatable bonds is 5. The third kappa shape index (κ3) is 3.75. The van der Waals surface area contributed by atoms with Crippen molar-refractivity contribution in [3.8, 4) is 5.75 Å². The maximum absolute atomic E-state index is 14.5. The molecule has 1 atom stereocenters. The molecule has 1 unspecified atom stereocenters. The van der Waals surface area contributed by atoms with Gasteiger partial charge in [0.15, 0.2) is 0 Å². The van der Waals surface area contributed by atoms with Gasteiger partial charge in [-0.25, -0.2) is 8.78 Å². The van der Waals surface area contributed by atoms with Crippen molar-refractivity contribution in [2.24, 2.45) is 0 Å². The van der Waals surface area contributed by atoms with Crippen LogP contribution in [0, 0.1) is 11.6 Å². The SMILES string of the molecule is CC(C)Oc1ccc(/C(O)=C2/C(=O)C(=O)N(c3cc(F)ccc3F)C2c2ccco2)cc1. The van der Waals surface area contributed by atoms with Gasteiger partial charge in [0, 0.05) is 11.6 Å². The molecule has 1 N–H and O–H groups in total. The lowest BCUT2D eigenvalue weighted by atomic mass is 9.99. The highest BCUT2D eigenvalue weighted by Crippen LogP contribution is 2.43. The van der Waals surface area contributed by atoms with Crippen LogP contribution >= 0.6 is 0 Å². The molecule has 1 aliphatic rings. The normalized spacial score (nSPS) is 17.9. The first-order valence-electron chi connectivity index (χ1n) is 9.84. The predicted molar refractivity (Wildman–Crippen MR) is 112 cm³/mol. The number of carbonyl (C=O) groups is 2. The summed E-state index contributed by atoms with van der Waals surface area (Å²) < 4.78 is 39.4. The number of halogens is 2. The molecule has 3 aromatic rings. The van der Waals surface area contributed by atoms with Crippen molar-refractivity contribution < 1.29 is 32.6 Å². The number of amides is 1. The summed E-state index contributed by atoms with van der Waals surface area (Å²) in [6.07, 6.45) is 1.26. The van der Waals surface area contributed by atoms with Gasteiger partial charge in [-0.1, -0.05) is 0 Å². The summed E-state index contributed by atoms with van der Waals surface area (Å²) in [6, 6.07) is 10.6. The number of hydrogen-bond donors (Lipinski definition) is 1. The van der Waals surface area contributed by atoms with Crippen LogP contribution in [-0.2, 0) is 9.59 Å². The van der Waals surface area contributed by atoms with Gasteiger partial charge in [-0.2, -0.15) is 0 Å². The molecule has 164 valence electrons. The highest BCUT2D eigenvalue weighted by molar-refractivity contribution is 6.51. The first kappa shape index (κ1) is 21.3. The summed E-state index contributed by atoms with van der Waals surface area (Å²) in [5, 5.41) is 11.0. The molecular weight excluding hydrogens is 420 g/mol. The van der Waals surface area contributed by atoms with Gasteiger partial charge in [-0.15, -0.1) is 0 Å². The maximum Gasteiger partial charge on any atom is 0.300 e. The van der Waals surface area contributed by atoms with Gasteiger partial charge >= 0.3 is 0 Å². The minimum absolute atomic E-state index is 0.0557. The summed E-state index contributed by atoms with van der Waals surface area (Å²) in [7, 11) is 0. The van der Waals surface area contributed by atoms with E-state index in [-0.39, 0.29) is 23.0 Å². The fourth-order valence-electron chi connectivity index (χ4n) is 3.59. The number of benzene rings is 2. The number of ether oxygens (including phenoxy) is 1. The molecule has 1 fully saturated rings. The van der Waals surface area contributed by atoms with E-state index in [2.05, 4.69) is 0 Å². The Hall–Kier alpha value is -3.94. The standard InChI is InChI=1S/C24H19F2NO5/c1-13(2)32-16-8-5-14(6-9-16)22(28)20-21(19-4-3-11-31-19)27(24(30)23(20)29)18-12-15(25)7-10-17(18)26/h3-13,21,28H,1-2H3/b22-20-. The summed E-state index contributed by atoms with van der Waals surface area (Å²) in [4.78, 5) is 26.6. The van der Waals surface area contributed by atoms with E-state index in [0.717, 1.165) is 23.1 Å². The molecule has 1 saturated heterocycles. The summed E-state index contributed by atoms with van der Waals surface area (Å²) in [5.41, 5.74) is -0.491. The highest BCUT2D eigenvalue weighted by atomic mass is 19.1. The van der Waals surface area contributed by atoms with E-state index in [1.54, 1.807) is 12.1 Å². The van der Waals surface area contributed by atoms with E-state index >= 15 is 0 Å². The van der Waals surface area contributed by atoms with Crippen molar-refractivity contribution in [3.05, 3.63) is 89.4 Å². The highest BCUT2D eigenvalue weighted by Gasteiger charge is 2.49. The zero-order chi connectivity index (χ0) is 23.0. The Kier molecular flexibility index (Phi) is 5.52. The van der Waals surface area contributed by atoms with Gasteiger partial charge in [0.1, 0.15) is 34.9 Å². The molecule has 2 heterocycles. The molecule has 2 aromatic carbocycles. The lowest BCUT2D eigenvalue weighted by Crippen LogP contribution is -2.30. The minimum Gasteiger partial charge on any atom is -0.507 e. The van der Waals surface area contributed by atoms with Gasteiger partial charge < -0.3 is 14.3 Å². The number of anilines is 1. The van der Waals surface area contributed by atoms with E-state index in [9.17, 15) is 23.5 Å². The first-order valence-corrected chi connectivity index (χ1v) is 9.84. The Labute approximate surface area is 182 Å². The van der Waals surface area contributed by atoms with E-state index in [1.807, 2.05) is 13.8 Å². The van der Waals surface area contributed by atoms with Crippen molar-refractivity contribution in [1.82, 2.24) is 0 Å². The van der Waals surface area contributed by atoms with Crippen LogP contribution in [0.4, 0.5) is 14.5 Å². The van der Waals surface area contributed by atoms with Gasteiger partial charge in [-0.3, -0.25) is 14.5 Å². The molecule has 1 amide bonds. The van der Waals surface area contributed by atoms with Gasteiger partial charge in [0.2, 0.25) is 0 Å². The molecule has 0 radical (unpaired) electrons. The Bertz CT molecular complexity index is 1200. The lowest BCUT2D eigenvalue weighted by Gasteiger charge is -2.23. The van der Waals surface area contributed by atoms with E-state index in [1.165, 1.54) is 30.5 Å². The van der Waals surface area contributed by atoms with Crippen LogP contribution in [0.3, 0.4) is 0 Å². The van der Waals surface area contributed by atoms with Crippen LogP contribution in [0.15, 0.2) is 70.9 Å². The maximum atomic E-state index is 14.5. The Morgan fingerprint density at radius 1 is 1.09 bits per heavy atom. The molecule has 8 heteroatoms. The largest absolute Gasteiger partial charge is 0.507 e. The number of hydrogen-bond acceptors (Lipinski definition) is 5. The number of nitrogens with zero attached hydrogens (tertiary/aromatic N) is 1. The molecule has 1 aromatic heterocycles. The van der Waals surface area contributed by atoms with E-state index in [0.29, 0.717) is 5.75 Å². The molecule has 4 rings (SSSR count). The van der Waals surface area contributed by atoms with Gasteiger partial charge in [0.05, 0.1) is 23.6 Å². The number of aliphatic hydroxyl groups excluding tert-OH is 1.